The molecule has 1 unspecified atom stereocenters. The minimum Gasteiger partial charge on any atom is -0.480 e. The van der Waals surface area contributed by atoms with Crippen molar-refractivity contribution in [3.63, 3.8) is 0 Å². The predicted octanol–water partition coefficient (Wildman–Crippen LogP) is 1.72. The van der Waals surface area contributed by atoms with Crippen LogP contribution < -0.4 is 15.4 Å². The van der Waals surface area contributed by atoms with Crippen LogP contribution in [0.4, 0.5) is 17.6 Å². The number of amides is 2. The molecule has 1 aromatic carbocycles. The highest BCUT2D eigenvalue weighted by molar-refractivity contribution is 5.78. The van der Waals surface area contributed by atoms with Crippen molar-refractivity contribution in [2.45, 2.75) is 72.3 Å². The van der Waals surface area contributed by atoms with Crippen molar-refractivity contribution in [3.05, 3.63) is 29.3 Å². The van der Waals surface area contributed by atoms with E-state index in [1.165, 1.54) is 0 Å². The molecule has 1 aliphatic rings. The molecular formula is C41H62F4N6O13. The maximum atomic E-state index is 13.7. The van der Waals surface area contributed by atoms with Crippen LogP contribution in [0.15, 0.2) is 6.07 Å². The summed E-state index contributed by atoms with van der Waals surface area (Å²) in [6.07, 6.45) is -0.336. The molecule has 1 atom stereocenters. The van der Waals surface area contributed by atoms with Crippen LogP contribution in [0.1, 0.15) is 66.2 Å². The number of esters is 1. The van der Waals surface area contributed by atoms with E-state index in [0.717, 1.165) is 0 Å². The van der Waals surface area contributed by atoms with E-state index in [2.05, 4.69) is 15.4 Å². The first kappa shape index (κ1) is 55.2. The van der Waals surface area contributed by atoms with Crippen LogP contribution in [0, 0.1) is 34.1 Å². The molecule has 1 aliphatic heterocycles. The van der Waals surface area contributed by atoms with Crippen LogP contribution in [0.3, 0.4) is 0 Å². The molecule has 0 aliphatic carbocycles. The van der Waals surface area contributed by atoms with Gasteiger partial charge in [-0.3, -0.25) is 53.2 Å². The van der Waals surface area contributed by atoms with Crippen molar-refractivity contribution in [2.75, 3.05) is 98.3 Å². The molecule has 1 aromatic rings. The summed E-state index contributed by atoms with van der Waals surface area (Å²) in [5.41, 5.74) is -1.10. The molecule has 362 valence electrons. The highest BCUT2D eigenvalue weighted by atomic mass is 19.2. The van der Waals surface area contributed by atoms with Crippen LogP contribution in [-0.2, 0) is 38.3 Å². The Kier molecular flexibility index (Phi) is 23.0. The topological polar surface area (TPSA) is 256 Å². The molecule has 64 heavy (non-hydrogen) atoms. The van der Waals surface area contributed by atoms with Crippen molar-refractivity contribution in [3.8, 4) is 5.75 Å². The van der Waals surface area contributed by atoms with Crippen molar-refractivity contribution in [2.24, 2.45) is 10.8 Å². The zero-order valence-corrected chi connectivity index (χ0v) is 36.8. The predicted molar refractivity (Wildman–Crippen MR) is 219 cm³/mol. The normalized spacial score (nSPS) is 15.9. The third-order valence-electron chi connectivity index (χ3n) is 10.2. The van der Waals surface area contributed by atoms with Gasteiger partial charge in [0.1, 0.15) is 6.04 Å². The maximum Gasteiger partial charge on any atom is 0.320 e. The monoisotopic (exact) mass is 922 g/mol. The molecule has 19 nitrogen and oxygen atoms in total. The number of carbonyl (C=O) groups is 7. The summed E-state index contributed by atoms with van der Waals surface area (Å²) < 4.78 is 64.6. The summed E-state index contributed by atoms with van der Waals surface area (Å²) in [5.74, 6) is -15.0. The number of ether oxygens (including phenoxy) is 2. The fourth-order valence-corrected chi connectivity index (χ4v) is 6.56. The van der Waals surface area contributed by atoms with Crippen molar-refractivity contribution < 1.29 is 81.0 Å². The number of carbonyl (C=O) groups excluding carboxylic acids is 3. The number of nitrogens with one attached hydrogen (secondary N) is 2. The first-order valence-corrected chi connectivity index (χ1v) is 20.8. The van der Waals surface area contributed by atoms with Gasteiger partial charge in [0.2, 0.25) is 29.2 Å². The van der Waals surface area contributed by atoms with E-state index in [0.29, 0.717) is 0 Å². The summed E-state index contributed by atoms with van der Waals surface area (Å²) in [5, 5.41) is 44.2. The van der Waals surface area contributed by atoms with Gasteiger partial charge in [0.15, 0.2) is 11.6 Å². The quantitative estimate of drug-likeness (QED) is 0.0268. The first-order chi connectivity index (χ1) is 29.9. The molecule has 23 heteroatoms. The number of carboxylic acids is 4. The zero-order valence-electron chi connectivity index (χ0n) is 36.8. The third kappa shape index (κ3) is 21.6. The van der Waals surface area contributed by atoms with Crippen LogP contribution in [0.2, 0.25) is 0 Å². The number of hydrogen-bond acceptors (Lipinski definition) is 13. The Labute approximate surface area is 369 Å². The summed E-state index contributed by atoms with van der Waals surface area (Å²) in [6, 6.07) is -1.18. The number of unbranched alkanes of at least 4 members (excludes halogenated alkanes) is 1. The molecule has 2 rings (SSSR count). The molecule has 0 radical (unpaired) electrons. The van der Waals surface area contributed by atoms with Crippen LogP contribution in [0.5, 0.6) is 5.75 Å². The van der Waals surface area contributed by atoms with Crippen molar-refractivity contribution in [1.29, 1.82) is 0 Å². The Morgan fingerprint density at radius 3 is 1.42 bits per heavy atom. The second kappa shape index (κ2) is 26.7. The van der Waals surface area contributed by atoms with E-state index in [9.17, 15) is 71.5 Å². The molecule has 0 spiro atoms. The van der Waals surface area contributed by atoms with Gasteiger partial charge in [-0.1, -0.05) is 27.7 Å². The number of hydrogen-bond donors (Lipinski definition) is 6. The molecule has 1 saturated heterocycles. The van der Waals surface area contributed by atoms with Gasteiger partial charge >= 0.3 is 29.8 Å². The van der Waals surface area contributed by atoms with Gasteiger partial charge in [-0.2, -0.15) is 8.78 Å². The smallest absolute Gasteiger partial charge is 0.320 e. The van der Waals surface area contributed by atoms with E-state index < -0.39 is 81.6 Å². The van der Waals surface area contributed by atoms with Gasteiger partial charge in [0, 0.05) is 102 Å². The number of benzene rings is 1. The first-order valence-electron chi connectivity index (χ1n) is 20.8. The molecule has 1 heterocycles. The minimum atomic E-state index is -1.84. The average molecular weight is 923 g/mol. The van der Waals surface area contributed by atoms with Gasteiger partial charge in [-0.15, -0.1) is 0 Å². The van der Waals surface area contributed by atoms with Gasteiger partial charge in [-0.05, 0) is 19.3 Å². The van der Waals surface area contributed by atoms with E-state index in [1.54, 1.807) is 19.6 Å². The largest absolute Gasteiger partial charge is 0.480 e. The molecule has 6 N–H and O–H groups in total. The van der Waals surface area contributed by atoms with Gasteiger partial charge in [0.25, 0.3) is 0 Å². The fraction of sp³-hybridized carbons (Fsp3) is 0.683. The maximum absolute atomic E-state index is 13.7. The van der Waals surface area contributed by atoms with Gasteiger partial charge in [-0.25, -0.2) is 8.78 Å². The lowest BCUT2D eigenvalue weighted by Gasteiger charge is -2.35. The van der Waals surface area contributed by atoms with Crippen LogP contribution >= 0.6 is 0 Å². The Morgan fingerprint density at radius 2 is 1.02 bits per heavy atom. The van der Waals surface area contributed by atoms with E-state index in [1.807, 2.05) is 27.7 Å². The molecule has 0 saturated carbocycles. The third-order valence-corrected chi connectivity index (χ3v) is 10.2. The number of rotatable bonds is 25. The highest BCUT2D eigenvalue weighted by Gasteiger charge is 2.30. The average Bonchev–Trinajstić information content (AvgIpc) is 3.18. The van der Waals surface area contributed by atoms with E-state index in [-0.39, 0.29) is 149 Å². The molecule has 0 aromatic heterocycles. The lowest BCUT2D eigenvalue weighted by atomic mass is 9.93. The summed E-state index contributed by atoms with van der Waals surface area (Å²) >= 11 is 0. The number of halogens is 4. The van der Waals surface area contributed by atoms with Gasteiger partial charge in [0.05, 0.1) is 32.8 Å². The lowest BCUT2D eigenvalue weighted by Crippen LogP contribution is -2.52. The second-order valence-corrected chi connectivity index (χ2v) is 17.3. The molecule has 1 fully saturated rings. The Hall–Kier alpha value is -4.97. The number of nitrogens with zero attached hydrogens (tertiary/aromatic N) is 4. The molecular weight excluding hydrogens is 860 g/mol. The second-order valence-electron chi connectivity index (χ2n) is 17.3. The van der Waals surface area contributed by atoms with E-state index in [4.69, 9.17) is 4.74 Å². The van der Waals surface area contributed by atoms with Crippen LogP contribution in [0.25, 0.3) is 0 Å². The number of aliphatic carboxylic acids is 4. The van der Waals surface area contributed by atoms with Crippen LogP contribution in [-0.4, -0.2) is 186 Å². The fourth-order valence-electron chi connectivity index (χ4n) is 6.56. The minimum absolute atomic E-state index is 0.00678. The molecule has 0 bridgehead atoms. The summed E-state index contributed by atoms with van der Waals surface area (Å²) in [4.78, 5) is 91.0. The highest BCUT2D eigenvalue weighted by Crippen LogP contribution is 2.27. The van der Waals surface area contributed by atoms with Gasteiger partial charge < -0.3 is 40.5 Å². The Morgan fingerprint density at radius 1 is 0.625 bits per heavy atom. The molecule has 2 amide bonds. The zero-order chi connectivity index (χ0) is 48.2. The van der Waals surface area contributed by atoms with Crippen molar-refractivity contribution >= 4 is 41.7 Å². The van der Waals surface area contributed by atoms with Crippen molar-refractivity contribution in [1.82, 2.24) is 30.2 Å². The Bertz CT molecular complexity index is 1710. The standard InChI is InChI=1S/C41H62F4N6O13/c1-40(2,23-46-30(52)7-5-6-8-35(60)64-38-36(44)27(42)19-28(43)37(38)45)25-63-26-41(3,4)24-47-31(53)10-9-29(39(61)62)51-17-15-49(21-33(56)57)13-11-48(20-32(54)55)12-14-50(16-18-51)22-34(58)59/h19,29H,5-18,20-26H2,1-4H3,(H,46,52)(H,47,53)(H,54,55)(H,56,57)(H,58,59)(H,61,62). The summed E-state index contributed by atoms with van der Waals surface area (Å²) in [6.45, 7) is 8.22. The number of carboxylic acid groups (broad SMARTS) is 4. The lowest BCUT2D eigenvalue weighted by molar-refractivity contribution is -0.145. The Balaban J connectivity index is 1.85. The van der Waals surface area contributed by atoms with E-state index >= 15 is 0 Å². The summed E-state index contributed by atoms with van der Waals surface area (Å²) in [7, 11) is 0. The SMILES string of the molecule is CC(C)(CNC(=O)CCCCC(=O)Oc1c(F)c(F)cc(F)c1F)COCC(C)(C)CNC(=O)CCC(C(=O)O)N1CCN(CC(=O)O)CCN(CC(=O)O)CCN(CC(=O)O)CC1.